The SMILES string of the molecule is CC1(C)[C@@H]2CC[C@]13CSCO[C@@H]3C2. The van der Waals surface area contributed by atoms with Crippen LogP contribution in [-0.2, 0) is 4.74 Å². The topological polar surface area (TPSA) is 9.23 Å². The fourth-order valence-corrected chi connectivity index (χ4v) is 5.34. The Labute approximate surface area is 84.6 Å². The van der Waals surface area contributed by atoms with Crippen molar-refractivity contribution in [2.45, 2.75) is 39.2 Å². The number of rotatable bonds is 0. The first-order valence-electron chi connectivity index (χ1n) is 5.36. The summed E-state index contributed by atoms with van der Waals surface area (Å²) in [6.45, 7) is 4.94. The van der Waals surface area contributed by atoms with Gasteiger partial charge in [0.2, 0.25) is 0 Å². The van der Waals surface area contributed by atoms with Gasteiger partial charge in [-0.2, -0.15) is 0 Å². The molecule has 2 saturated carbocycles. The average molecular weight is 198 g/mol. The van der Waals surface area contributed by atoms with Gasteiger partial charge in [0.15, 0.2) is 0 Å². The number of hydrogen-bond acceptors (Lipinski definition) is 2. The standard InChI is InChI=1S/C11H18OS/c1-10(2)8-3-4-11(10)6-13-7-12-9(11)5-8/h8-9H,3-7H2,1-2H3/t8-,9-,11-/m1/s1. The summed E-state index contributed by atoms with van der Waals surface area (Å²) in [7, 11) is 0. The van der Waals surface area contributed by atoms with Crippen LogP contribution >= 0.6 is 11.8 Å². The van der Waals surface area contributed by atoms with Crippen molar-refractivity contribution >= 4 is 11.8 Å². The van der Waals surface area contributed by atoms with Crippen LogP contribution in [0.25, 0.3) is 0 Å². The van der Waals surface area contributed by atoms with Crippen LogP contribution < -0.4 is 0 Å². The average Bonchev–Trinajstić information content (AvgIpc) is 2.50. The highest BCUT2D eigenvalue weighted by molar-refractivity contribution is 7.99. The van der Waals surface area contributed by atoms with E-state index in [1.807, 2.05) is 11.8 Å². The van der Waals surface area contributed by atoms with Crippen LogP contribution in [0.3, 0.4) is 0 Å². The molecule has 1 saturated heterocycles. The fourth-order valence-electron chi connectivity index (χ4n) is 3.93. The van der Waals surface area contributed by atoms with E-state index in [1.54, 1.807) is 0 Å². The van der Waals surface area contributed by atoms with Crippen molar-refractivity contribution in [3.05, 3.63) is 0 Å². The van der Waals surface area contributed by atoms with Crippen molar-refractivity contribution in [2.75, 3.05) is 11.7 Å². The third-order valence-corrected chi connectivity index (χ3v) is 6.09. The van der Waals surface area contributed by atoms with E-state index < -0.39 is 0 Å². The van der Waals surface area contributed by atoms with E-state index in [4.69, 9.17) is 4.74 Å². The van der Waals surface area contributed by atoms with E-state index in [0.29, 0.717) is 16.9 Å². The highest BCUT2D eigenvalue weighted by Crippen LogP contribution is 2.68. The maximum absolute atomic E-state index is 5.93. The maximum Gasteiger partial charge on any atom is 0.0925 e. The molecule has 2 bridgehead atoms. The minimum absolute atomic E-state index is 0.542. The van der Waals surface area contributed by atoms with Crippen LogP contribution in [-0.4, -0.2) is 17.8 Å². The molecule has 3 aliphatic rings. The Kier molecular flexibility index (Phi) is 1.63. The predicted octanol–water partition coefficient (Wildman–Crippen LogP) is 2.90. The normalized spacial score (nSPS) is 52.2. The third-order valence-electron chi connectivity index (χ3n) is 5.07. The number of fused-ring (bicyclic) bond motifs is 1. The second-order valence-electron chi connectivity index (χ2n) is 5.47. The molecule has 2 heteroatoms. The number of ether oxygens (including phenoxy) is 1. The van der Waals surface area contributed by atoms with Crippen LogP contribution in [0.4, 0.5) is 0 Å². The summed E-state index contributed by atoms with van der Waals surface area (Å²) in [5.74, 6) is 3.23. The smallest absolute Gasteiger partial charge is 0.0925 e. The van der Waals surface area contributed by atoms with Crippen molar-refractivity contribution < 1.29 is 4.74 Å². The van der Waals surface area contributed by atoms with Gasteiger partial charge < -0.3 is 4.74 Å². The monoisotopic (exact) mass is 198 g/mol. The van der Waals surface area contributed by atoms with Crippen molar-refractivity contribution in [3.8, 4) is 0 Å². The van der Waals surface area contributed by atoms with Gasteiger partial charge in [-0.15, -0.1) is 11.8 Å². The Balaban J connectivity index is 2.02. The number of thioether (sulfide) groups is 1. The Hall–Kier alpha value is 0.310. The lowest BCUT2D eigenvalue weighted by Crippen LogP contribution is -2.44. The molecule has 13 heavy (non-hydrogen) atoms. The van der Waals surface area contributed by atoms with Crippen molar-refractivity contribution in [2.24, 2.45) is 16.7 Å². The largest absolute Gasteiger partial charge is 0.367 e. The molecule has 1 heterocycles. The van der Waals surface area contributed by atoms with E-state index in [1.165, 1.54) is 25.0 Å². The summed E-state index contributed by atoms with van der Waals surface area (Å²) in [6, 6.07) is 0. The Bertz CT molecular complexity index is 238. The molecule has 1 nitrogen and oxygen atoms in total. The van der Waals surface area contributed by atoms with E-state index in [0.717, 1.165) is 11.9 Å². The summed E-state index contributed by atoms with van der Waals surface area (Å²) in [4.78, 5) is 0. The molecule has 0 radical (unpaired) electrons. The Morgan fingerprint density at radius 1 is 1.38 bits per heavy atom. The van der Waals surface area contributed by atoms with Gasteiger partial charge in [0.1, 0.15) is 0 Å². The quantitative estimate of drug-likeness (QED) is 0.592. The first kappa shape index (κ1) is 8.60. The highest BCUT2D eigenvalue weighted by atomic mass is 32.2. The fraction of sp³-hybridized carbons (Fsp3) is 1.00. The molecule has 1 spiro atoms. The summed E-state index contributed by atoms with van der Waals surface area (Å²) in [5.41, 5.74) is 1.09. The van der Waals surface area contributed by atoms with E-state index >= 15 is 0 Å². The van der Waals surface area contributed by atoms with Crippen LogP contribution in [0.15, 0.2) is 0 Å². The molecule has 2 aliphatic carbocycles. The molecule has 0 N–H and O–H groups in total. The first-order valence-corrected chi connectivity index (χ1v) is 6.52. The molecule has 3 rings (SSSR count). The van der Waals surface area contributed by atoms with Gasteiger partial charge in [-0.25, -0.2) is 0 Å². The molecule has 3 atom stereocenters. The zero-order valence-corrected chi connectivity index (χ0v) is 9.32. The van der Waals surface area contributed by atoms with Crippen LogP contribution in [0.2, 0.25) is 0 Å². The lowest BCUT2D eigenvalue weighted by atomic mass is 9.69. The molecule has 0 unspecified atom stereocenters. The zero-order valence-electron chi connectivity index (χ0n) is 8.51. The van der Waals surface area contributed by atoms with Crippen LogP contribution in [0.5, 0.6) is 0 Å². The molecular formula is C11H18OS. The van der Waals surface area contributed by atoms with E-state index in [2.05, 4.69) is 13.8 Å². The van der Waals surface area contributed by atoms with Gasteiger partial charge in [0, 0.05) is 11.2 Å². The van der Waals surface area contributed by atoms with Gasteiger partial charge in [0.25, 0.3) is 0 Å². The minimum Gasteiger partial charge on any atom is -0.367 e. The second-order valence-corrected chi connectivity index (χ2v) is 6.40. The second kappa shape index (κ2) is 2.46. The molecule has 0 aromatic rings. The molecular weight excluding hydrogens is 180 g/mol. The maximum atomic E-state index is 5.93. The van der Waals surface area contributed by atoms with Crippen molar-refractivity contribution in [3.63, 3.8) is 0 Å². The third kappa shape index (κ3) is 0.847. The zero-order chi connectivity index (χ0) is 9.10. The summed E-state index contributed by atoms with van der Waals surface area (Å²) < 4.78 is 5.93. The molecule has 74 valence electrons. The van der Waals surface area contributed by atoms with Crippen LogP contribution in [0.1, 0.15) is 33.1 Å². The van der Waals surface area contributed by atoms with E-state index in [9.17, 15) is 0 Å². The highest BCUT2D eigenvalue weighted by Gasteiger charge is 2.65. The van der Waals surface area contributed by atoms with E-state index in [-0.39, 0.29) is 0 Å². The molecule has 0 aromatic carbocycles. The van der Waals surface area contributed by atoms with Gasteiger partial charge in [0.05, 0.1) is 12.0 Å². The van der Waals surface area contributed by atoms with Crippen LogP contribution in [0, 0.1) is 16.7 Å². The Morgan fingerprint density at radius 2 is 2.23 bits per heavy atom. The molecule has 1 aliphatic heterocycles. The van der Waals surface area contributed by atoms with Gasteiger partial charge in [-0.05, 0) is 30.6 Å². The summed E-state index contributed by atoms with van der Waals surface area (Å²) in [6.07, 6.45) is 4.81. The van der Waals surface area contributed by atoms with Gasteiger partial charge in [-0.3, -0.25) is 0 Å². The first-order chi connectivity index (χ1) is 6.17. The molecule has 0 aromatic heterocycles. The molecule has 0 amide bonds. The lowest BCUT2D eigenvalue weighted by molar-refractivity contribution is -0.0332. The minimum atomic E-state index is 0.542. The van der Waals surface area contributed by atoms with Crippen molar-refractivity contribution in [1.29, 1.82) is 0 Å². The van der Waals surface area contributed by atoms with Gasteiger partial charge in [-0.1, -0.05) is 13.8 Å². The summed E-state index contributed by atoms with van der Waals surface area (Å²) in [5, 5.41) is 0. The Morgan fingerprint density at radius 3 is 2.92 bits per heavy atom. The van der Waals surface area contributed by atoms with Gasteiger partial charge >= 0.3 is 0 Å². The predicted molar refractivity (Wildman–Crippen MR) is 55.8 cm³/mol. The summed E-state index contributed by atoms with van der Waals surface area (Å²) >= 11 is 2.00. The molecule has 3 fully saturated rings. The lowest BCUT2D eigenvalue weighted by Gasteiger charge is -2.44. The number of hydrogen-bond donors (Lipinski definition) is 0. The van der Waals surface area contributed by atoms with Crippen molar-refractivity contribution in [1.82, 2.24) is 0 Å².